The van der Waals surface area contributed by atoms with Gasteiger partial charge in [-0.1, -0.05) is 12.1 Å². The monoisotopic (exact) mass is 430 g/mol. The third kappa shape index (κ3) is 4.30. The van der Waals surface area contributed by atoms with Crippen LogP contribution < -0.4 is 15.2 Å². The molecular weight excluding hydrogens is 404 g/mol. The summed E-state index contributed by atoms with van der Waals surface area (Å²) < 4.78 is 12.6. The lowest BCUT2D eigenvalue weighted by Gasteiger charge is -2.13. The summed E-state index contributed by atoms with van der Waals surface area (Å²) in [5.41, 5.74) is 10.4. The lowest BCUT2D eigenvalue weighted by Crippen LogP contribution is -2.00. The van der Waals surface area contributed by atoms with Crippen molar-refractivity contribution in [1.29, 1.82) is 0 Å². The van der Waals surface area contributed by atoms with Gasteiger partial charge in [0.15, 0.2) is 11.5 Å². The quantitative estimate of drug-likeness (QED) is 0.429. The van der Waals surface area contributed by atoms with Crippen molar-refractivity contribution in [2.24, 2.45) is 5.73 Å². The Bertz CT molecular complexity index is 905. The van der Waals surface area contributed by atoms with Crippen LogP contribution in [0, 0.1) is 0 Å². The number of aromatic nitrogens is 1. The molecule has 4 nitrogen and oxygen atoms in total. The lowest BCUT2D eigenvalue weighted by molar-refractivity contribution is 0.288. The molecule has 3 N–H and O–H groups in total. The third-order valence-electron chi connectivity index (χ3n) is 4.60. The van der Waals surface area contributed by atoms with E-state index in [1.807, 2.05) is 19.9 Å². The molecule has 0 bridgehead atoms. The van der Waals surface area contributed by atoms with Crippen LogP contribution >= 0.6 is 15.9 Å². The van der Waals surface area contributed by atoms with Crippen molar-refractivity contribution in [3.8, 4) is 22.8 Å². The Morgan fingerprint density at radius 3 is 2.52 bits per heavy atom. The van der Waals surface area contributed by atoms with Gasteiger partial charge in [-0.25, -0.2) is 0 Å². The predicted molar refractivity (Wildman–Crippen MR) is 116 cm³/mol. The maximum atomic E-state index is 5.82. The van der Waals surface area contributed by atoms with Crippen LogP contribution in [0.1, 0.15) is 32.3 Å². The van der Waals surface area contributed by atoms with Crippen molar-refractivity contribution in [1.82, 2.24) is 4.98 Å². The molecule has 0 spiro atoms. The Morgan fingerprint density at radius 2 is 1.78 bits per heavy atom. The van der Waals surface area contributed by atoms with Crippen LogP contribution in [0.25, 0.3) is 22.2 Å². The molecule has 5 heteroatoms. The first kappa shape index (κ1) is 19.8. The zero-order valence-electron chi connectivity index (χ0n) is 16.0. The van der Waals surface area contributed by atoms with Gasteiger partial charge in [0.1, 0.15) is 0 Å². The van der Waals surface area contributed by atoms with Crippen LogP contribution in [0.3, 0.4) is 0 Å². The number of hydrogen-bond acceptors (Lipinski definition) is 3. The average Bonchev–Trinajstić information content (AvgIpc) is 3.04. The summed E-state index contributed by atoms with van der Waals surface area (Å²) in [6.07, 6.45) is 3.08. The molecule has 0 saturated heterocycles. The third-order valence-corrected chi connectivity index (χ3v) is 5.26. The molecule has 144 valence electrons. The number of halogens is 1. The number of aromatic amines is 1. The fraction of sp³-hybridized carbons (Fsp3) is 0.364. The molecular formula is C22H27BrN2O2. The van der Waals surface area contributed by atoms with E-state index in [-0.39, 0.29) is 0 Å². The molecule has 0 unspecified atom stereocenters. The topological polar surface area (TPSA) is 60.3 Å². The summed E-state index contributed by atoms with van der Waals surface area (Å²) in [6.45, 7) is 5.91. The highest BCUT2D eigenvalue weighted by molar-refractivity contribution is 9.10. The lowest BCUT2D eigenvalue weighted by atomic mass is 10.00. The second-order valence-corrected chi connectivity index (χ2v) is 7.27. The molecule has 0 fully saturated rings. The maximum absolute atomic E-state index is 5.82. The van der Waals surface area contributed by atoms with E-state index in [2.05, 4.69) is 51.2 Å². The van der Waals surface area contributed by atoms with Crippen LogP contribution in [0.2, 0.25) is 0 Å². The van der Waals surface area contributed by atoms with Crippen molar-refractivity contribution in [2.45, 2.75) is 33.1 Å². The number of aryl methyl sites for hydroxylation is 1. The molecule has 3 rings (SSSR count). The Morgan fingerprint density at radius 1 is 1.00 bits per heavy atom. The van der Waals surface area contributed by atoms with Gasteiger partial charge in [0, 0.05) is 21.1 Å². The molecule has 2 aromatic carbocycles. The summed E-state index contributed by atoms with van der Waals surface area (Å²) in [5, 5.41) is 1.25. The van der Waals surface area contributed by atoms with Crippen molar-refractivity contribution in [2.75, 3.05) is 19.8 Å². The summed E-state index contributed by atoms with van der Waals surface area (Å²) >= 11 is 3.67. The van der Waals surface area contributed by atoms with Crippen LogP contribution in [0.5, 0.6) is 11.5 Å². The van der Waals surface area contributed by atoms with Gasteiger partial charge in [0.2, 0.25) is 0 Å². The highest BCUT2D eigenvalue weighted by atomic mass is 79.9. The predicted octanol–water partition coefficient (Wildman–Crippen LogP) is 5.68. The Labute approximate surface area is 169 Å². The number of nitrogens with two attached hydrogens (primary N) is 1. The van der Waals surface area contributed by atoms with Crippen LogP contribution in [-0.2, 0) is 6.42 Å². The van der Waals surface area contributed by atoms with Crippen molar-refractivity contribution in [3.05, 3.63) is 46.4 Å². The minimum atomic E-state index is 0.602. The van der Waals surface area contributed by atoms with Crippen LogP contribution in [-0.4, -0.2) is 24.7 Å². The van der Waals surface area contributed by atoms with Gasteiger partial charge in [0.25, 0.3) is 0 Å². The number of ether oxygens (including phenoxy) is 2. The smallest absolute Gasteiger partial charge is 0.161 e. The minimum absolute atomic E-state index is 0.602. The zero-order chi connectivity index (χ0) is 19.2. The van der Waals surface area contributed by atoms with Crippen molar-refractivity contribution < 1.29 is 9.47 Å². The molecule has 0 aliphatic rings. The SMILES string of the molecule is CCOc1ccc(-c2[nH]c3c(Br)cccc3c2CCCCN)cc1OCC. The fourth-order valence-electron chi connectivity index (χ4n) is 3.40. The van der Waals surface area contributed by atoms with E-state index in [0.717, 1.165) is 58.6 Å². The van der Waals surface area contributed by atoms with Gasteiger partial charge in [-0.2, -0.15) is 0 Å². The Balaban J connectivity index is 2.10. The van der Waals surface area contributed by atoms with E-state index < -0.39 is 0 Å². The average molecular weight is 431 g/mol. The number of para-hydroxylation sites is 1. The van der Waals surface area contributed by atoms with Crippen molar-refractivity contribution in [3.63, 3.8) is 0 Å². The van der Waals surface area contributed by atoms with Crippen molar-refractivity contribution >= 4 is 26.8 Å². The van der Waals surface area contributed by atoms with Gasteiger partial charge >= 0.3 is 0 Å². The van der Waals surface area contributed by atoms with Crippen LogP contribution in [0.4, 0.5) is 0 Å². The standard InChI is InChI=1S/C22H27BrN2O2/c1-3-26-19-12-11-15(14-20(19)27-4-2)21-16(8-5-6-13-24)17-9-7-10-18(23)22(17)25-21/h7,9-12,14,25H,3-6,8,13,24H2,1-2H3. The maximum Gasteiger partial charge on any atom is 0.161 e. The fourth-order valence-corrected chi connectivity index (χ4v) is 3.86. The molecule has 0 aliphatic carbocycles. The second kappa shape index (κ2) is 9.29. The second-order valence-electron chi connectivity index (χ2n) is 6.41. The Hall–Kier alpha value is -1.98. The van der Waals surface area contributed by atoms with E-state index >= 15 is 0 Å². The molecule has 1 aromatic heterocycles. The molecule has 27 heavy (non-hydrogen) atoms. The zero-order valence-corrected chi connectivity index (χ0v) is 17.6. The summed E-state index contributed by atoms with van der Waals surface area (Å²) in [5.74, 6) is 1.56. The number of benzene rings is 2. The first-order valence-electron chi connectivity index (χ1n) is 9.58. The van der Waals surface area contributed by atoms with E-state index in [1.54, 1.807) is 0 Å². The van der Waals surface area contributed by atoms with Gasteiger partial charge < -0.3 is 20.2 Å². The van der Waals surface area contributed by atoms with E-state index in [9.17, 15) is 0 Å². The number of unbranched alkanes of at least 4 members (excludes halogenated alkanes) is 1. The highest BCUT2D eigenvalue weighted by Crippen LogP contribution is 2.38. The summed E-state index contributed by atoms with van der Waals surface area (Å²) in [4.78, 5) is 3.62. The first-order chi connectivity index (χ1) is 13.2. The molecule has 0 amide bonds. The number of rotatable bonds is 9. The molecule has 0 atom stereocenters. The minimum Gasteiger partial charge on any atom is -0.490 e. The number of nitrogens with one attached hydrogen (secondary N) is 1. The Kier molecular flexibility index (Phi) is 6.80. The summed E-state index contributed by atoms with van der Waals surface area (Å²) in [6, 6.07) is 12.5. The highest BCUT2D eigenvalue weighted by Gasteiger charge is 2.16. The van der Waals surface area contributed by atoms with E-state index in [4.69, 9.17) is 15.2 Å². The van der Waals surface area contributed by atoms with Gasteiger partial charge in [-0.15, -0.1) is 0 Å². The number of H-pyrrole nitrogens is 1. The summed E-state index contributed by atoms with van der Waals surface area (Å²) in [7, 11) is 0. The molecule has 0 saturated carbocycles. The molecule has 3 aromatic rings. The van der Waals surface area contributed by atoms with E-state index in [1.165, 1.54) is 10.9 Å². The largest absolute Gasteiger partial charge is 0.490 e. The molecule has 0 aliphatic heterocycles. The molecule has 1 heterocycles. The van der Waals surface area contributed by atoms with Gasteiger partial charge in [0.05, 0.1) is 18.7 Å². The first-order valence-corrected chi connectivity index (χ1v) is 10.4. The normalized spacial score (nSPS) is 11.1. The van der Waals surface area contributed by atoms with Gasteiger partial charge in [-0.3, -0.25) is 0 Å². The van der Waals surface area contributed by atoms with E-state index in [0.29, 0.717) is 13.2 Å². The van der Waals surface area contributed by atoms with Crippen LogP contribution in [0.15, 0.2) is 40.9 Å². The van der Waals surface area contributed by atoms with Gasteiger partial charge in [-0.05, 0) is 85.4 Å². The molecule has 0 radical (unpaired) electrons. The number of hydrogen-bond donors (Lipinski definition) is 2. The number of fused-ring (bicyclic) bond motifs is 1.